The third kappa shape index (κ3) is 3.97. The van der Waals surface area contributed by atoms with Crippen LogP contribution in [0.3, 0.4) is 0 Å². The Hall–Kier alpha value is -1.53. The maximum absolute atomic E-state index is 11.9. The van der Waals surface area contributed by atoms with Gasteiger partial charge in [0.1, 0.15) is 0 Å². The van der Waals surface area contributed by atoms with Gasteiger partial charge in [0.05, 0.1) is 6.04 Å². The van der Waals surface area contributed by atoms with Crippen LogP contribution in [0.15, 0.2) is 24.3 Å². The summed E-state index contributed by atoms with van der Waals surface area (Å²) in [6, 6.07) is 7.00. The molecular weight excluding hydrogens is 262 g/mol. The predicted octanol–water partition coefficient (Wildman–Crippen LogP) is 1.64. The van der Waals surface area contributed by atoms with Gasteiger partial charge in [-0.15, -0.1) is 11.8 Å². The largest absolute Gasteiger partial charge is 0.326 e. The van der Waals surface area contributed by atoms with Gasteiger partial charge in [-0.3, -0.25) is 14.9 Å². The van der Waals surface area contributed by atoms with Crippen molar-refractivity contribution < 1.29 is 9.59 Å². The molecule has 1 unspecified atom stereocenters. The lowest BCUT2D eigenvalue weighted by atomic mass is 10.2. The number of anilines is 2. The van der Waals surface area contributed by atoms with E-state index in [-0.39, 0.29) is 17.9 Å². The lowest BCUT2D eigenvalue weighted by Crippen LogP contribution is -2.37. The summed E-state index contributed by atoms with van der Waals surface area (Å²) in [7, 11) is 0. The third-order valence-corrected chi connectivity index (χ3v) is 3.73. The topological polar surface area (TPSA) is 70.2 Å². The van der Waals surface area contributed by atoms with E-state index in [1.54, 1.807) is 43.0 Å². The van der Waals surface area contributed by atoms with Crippen LogP contribution >= 0.6 is 11.8 Å². The number of hydrogen-bond acceptors (Lipinski definition) is 4. The molecule has 0 aromatic heterocycles. The molecule has 1 aliphatic rings. The Bertz CT molecular complexity index is 455. The minimum absolute atomic E-state index is 0.0182. The van der Waals surface area contributed by atoms with E-state index >= 15 is 0 Å². The van der Waals surface area contributed by atoms with Crippen LogP contribution in [0.2, 0.25) is 0 Å². The summed E-state index contributed by atoms with van der Waals surface area (Å²) in [6.45, 7) is 1.80. The maximum Gasteiger partial charge on any atom is 0.242 e. The average Bonchev–Trinajstić information content (AvgIpc) is 2.95. The molecule has 1 aromatic carbocycles. The normalized spacial score (nSPS) is 18.1. The average molecular weight is 279 g/mol. The molecule has 1 aromatic rings. The molecule has 0 aliphatic carbocycles. The zero-order valence-corrected chi connectivity index (χ0v) is 11.5. The van der Waals surface area contributed by atoms with Crippen LogP contribution in [-0.2, 0) is 9.59 Å². The number of carbonyl (C=O) groups is 2. The number of nitrogens with one attached hydrogen (secondary N) is 3. The highest BCUT2D eigenvalue weighted by molar-refractivity contribution is 7.99. The van der Waals surface area contributed by atoms with Gasteiger partial charge >= 0.3 is 0 Å². The maximum atomic E-state index is 11.9. The van der Waals surface area contributed by atoms with Gasteiger partial charge in [0.25, 0.3) is 0 Å². The van der Waals surface area contributed by atoms with Gasteiger partial charge < -0.3 is 10.6 Å². The summed E-state index contributed by atoms with van der Waals surface area (Å²) >= 11 is 1.71. The van der Waals surface area contributed by atoms with Crippen LogP contribution in [0.1, 0.15) is 13.3 Å². The lowest BCUT2D eigenvalue weighted by Gasteiger charge is -2.11. The summed E-state index contributed by atoms with van der Waals surface area (Å²) in [4.78, 5) is 23.1. The number of hydrogen-bond donors (Lipinski definition) is 3. The van der Waals surface area contributed by atoms with Crippen molar-refractivity contribution in [1.29, 1.82) is 0 Å². The minimum Gasteiger partial charge on any atom is -0.326 e. The molecule has 0 radical (unpaired) electrons. The Kier molecular flexibility index (Phi) is 4.81. The van der Waals surface area contributed by atoms with E-state index in [0.717, 1.165) is 23.0 Å². The second kappa shape index (κ2) is 6.58. The van der Waals surface area contributed by atoms with Crippen LogP contribution in [-0.4, -0.2) is 29.5 Å². The van der Waals surface area contributed by atoms with Crippen LogP contribution < -0.4 is 16.0 Å². The molecule has 3 N–H and O–H groups in total. The summed E-state index contributed by atoms with van der Waals surface area (Å²) in [6.07, 6.45) is 0.448. The van der Waals surface area contributed by atoms with E-state index < -0.39 is 0 Å². The van der Waals surface area contributed by atoms with Crippen molar-refractivity contribution in [2.24, 2.45) is 0 Å². The summed E-state index contributed by atoms with van der Waals surface area (Å²) < 4.78 is 0. The van der Waals surface area contributed by atoms with Crippen molar-refractivity contribution in [3.63, 3.8) is 0 Å². The lowest BCUT2D eigenvalue weighted by molar-refractivity contribution is -0.117. The fourth-order valence-corrected chi connectivity index (χ4v) is 2.62. The Morgan fingerprint density at radius 1 is 1.26 bits per heavy atom. The Balaban J connectivity index is 1.91. The molecule has 19 heavy (non-hydrogen) atoms. The van der Waals surface area contributed by atoms with Crippen molar-refractivity contribution >= 4 is 35.0 Å². The van der Waals surface area contributed by atoms with E-state index in [1.807, 2.05) is 0 Å². The van der Waals surface area contributed by atoms with Crippen LogP contribution in [0.4, 0.5) is 11.4 Å². The van der Waals surface area contributed by atoms with Gasteiger partial charge in [0, 0.05) is 29.4 Å². The van der Waals surface area contributed by atoms with Crippen LogP contribution in [0.25, 0.3) is 0 Å². The molecule has 0 bridgehead atoms. The van der Waals surface area contributed by atoms with Crippen molar-refractivity contribution in [2.75, 3.05) is 22.3 Å². The Labute approximate surface area is 116 Å². The zero-order valence-electron chi connectivity index (χ0n) is 10.7. The standard InChI is InChI=1S/C13H17N3O2S/c1-2-12(17)15-9-3-5-10(6-4-9)16-13(18)11-7-19-8-14-11/h3-6,11,14H,2,7-8H2,1H3,(H,15,17)(H,16,18). The molecule has 6 heteroatoms. The van der Waals surface area contributed by atoms with E-state index in [2.05, 4.69) is 16.0 Å². The van der Waals surface area contributed by atoms with Gasteiger partial charge in [-0.1, -0.05) is 6.92 Å². The molecule has 102 valence electrons. The highest BCUT2D eigenvalue weighted by Crippen LogP contribution is 2.16. The first-order valence-electron chi connectivity index (χ1n) is 6.21. The number of rotatable bonds is 4. The number of thioether (sulfide) groups is 1. The monoisotopic (exact) mass is 279 g/mol. The SMILES string of the molecule is CCC(=O)Nc1ccc(NC(=O)C2CSCN2)cc1. The number of amides is 2. The summed E-state index contributed by atoms with van der Waals surface area (Å²) in [5, 5.41) is 8.73. The zero-order chi connectivity index (χ0) is 13.7. The summed E-state index contributed by atoms with van der Waals surface area (Å²) in [5.74, 6) is 1.58. The van der Waals surface area contributed by atoms with Crippen LogP contribution in [0, 0.1) is 0 Å². The molecule has 1 aliphatic heterocycles. The first-order valence-corrected chi connectivity index (χ1v) is 7.36. The van der Waals surface area contributed by atoms with Gasteiger partial charge in [0.15, 0.2) is 0 Å². The van der Waals surface area contributed by atoms with Gasteiger partial charge in [-0.25, -0.2) is 0 Å². The molecule has 1 heterocycles. The summed E-state index contributed by atoms with van der Waals surface area (Å²) in [5.41, 5.74) is 1.47. The first-order chi connectivity index (χ1) is 9.19. The number of benzene rings is 1. The van der Waals surface area contributed by atoms with E-state index in [4.69, 9.17) is 0 Å². The number of carbonyl (C=O) groups excluding carboxylic acids is 2. The first kappa shape index (κ1) is 13.9. The quantitative estimate of drug-likeness (QED) is 0.783. The Morgan fingerprint density at radius 2 is 1.89 bits per heavy atom. The molecule has 2 amide bonds. The molecule has 0 spiro atoms. The Morgan fingerprint density at radius 3 is 2.42 bits per heavy atom. The fourth-order valence-electron chi connectivity index (χ4n) is 1.68. The van der Waals surface area contributed by atoms with Gasteiger partial charge in [-0.2, -0.15) is 0 Å². The van der Waals surface area contributed by atoms with Crippen molar-refractivity contribution in [3.8, 4) is 0 Å². The molecular formula is C13H17N3O2S. The minimum atomic E-state index is -0.121. The second-order valence-corrected chi connectivity index (χ2v) is 5.27. The molecule has 1 saturated heterocycles. The molecule has 0 saturated carbocycles. The molecule has 1 fully saturated rings. The fraction of sp³-hybridized carbons (Fsp3) is 0.385. The van der Waals surface area contributed by atoms with Gasteiger partial charge in [0.2, 0.25) is 11.8 Å². The second-order valence-electron chi connectivity index (χ2n) is 4.24. The van der Waals surface area contributed by atoms with E-state index in [9.17, 15) is 9.59 Å². The van der Waals surface area contributed by atoms with E-state index in [0.29, 0.717) is 6.42 Å². The molecule has 5 nitrogen and oxygen atoms in total. The van der Waals surface area contributed by atoms with Crippen molar-refractivity contribution in [3.05, 3.63) is 24.3 Å². The molecule has 2 rings (SSSR count). The third-order valence-electron chi connectivity index (χ3n) is 2.79. The predicted molar refractivity (Wildman–Crippen MR) is 78.2 cm³/mol. The molecule has 1 atom stereocenters. The van der Waals surface area contributed by atoms with Crippen LogP contribution in [0.5, 0.6) is 0 Å². The van der Waals surface area contributed by atoms with Crippen molar-refractivity contribution in [2.45, 2.75) is 19.4 Å². The smallest absolute Gasteiger partial charge is 0.242 e. The van der Waals surface area contributed by atoms with Crippen molar-refractivity contribution in [1.82, 2.24) is 5.32 Å². The highest BCUT2D eigenvalue weighted by atomic mass is 32.2. The van der Waals surface area contributed by atoms with E-state index in [1.165, 1.54) is 0 Å². The van der Waals surface area contributed by atoms with Gasteiger partial charge in [-0.05, 0) is 24.3 Å². The highest BCUT2D eigenvalue weighted by Gasteiger charge is 2.22.